The summed E-state index contributed by atoms with van der Waals surface area (Å²) in [7, 11) is 3.94. The molecular weight excluding hydrogens is 412 g/mol. The molecule has 0 bridgehead atoms. The van der Waals surface area contributed by atoms with Crippen molar-refractivity contribution >= 4 is 28.7 Å². The van der Waals surface area contributed by atoms with Crippen LogP contribution in [0, 0.1) is 18.3 Å². The summed E-state index contributed by atoms with van der Waals surface area (Å²) >= 11 is 0. The summed E-state index contributed by atoms with van der Waals surface area (Å²) in [5.74, 6) is 2.18. The Morgan fingerprint density at radius 2 is 1.97 bits per heavy atom. The van der Waals surface area contributed by atoms with Crippen LogP contribution in [0.3, 0.4) is 0 Å². The van der Waals surface area contributed by atoms with E-state index < -0.39 is 0 Å². The van der Waals surface area contributed by atoms with Crippen LogP contribution in [0.25, 0.3) is 5.57 Å². The molecule has 3 heterocycles. The SMILES string of the molecule is CCN1/C(=C(\C#N)c2nc(NCCc3ccc(N(C)C)nc3)ncc2C)Nc2ccccc21. The van der Waals surface area contributed by atoms with Crippen molar-refractivity contribution in [2.45, 2.75) is 20.3 Å². The summed E-state index contributed by atoms with van der Waals surface area (Å²) in [4.78, 5) is 17.6. The van der Waals surface area contributed by atoms with Crippen LogP contribution < -0.4 is 20.4 Å². The topological polar surface area (TPSA) is 93.0 Å². The highest BCUT2D eigenvalue weighted by molar-refractivity contribution is 5.91. The van der Waals surface area contributed by atoms with Gasteiger partial charge in [0.25, 0.3) is 0 Å². The smallest absolute Gasteiger partial charge is 0.223 e. The van der Waals surface area contributed by atoms with Crippen molar-refractivity contribution in [2.24, 2.45) is 0 Å². The van der Waals surface area contributed by atoms with Crippen LogP contribution >= 0.6 is 0 Å². The minimum atomic E-state index is 0.500. The third kappa shape index (κ3) is 4.58. The zero-order valence-corrected chi connectivity index (χ0v) is 19.4. The fraction of sp³-hybridized carbons (Fsp3) is 0.280. The first kappa shape index (κ1) is 22.1. The molecule has 33 heavy (non-hydrogen) atoms. The first-order chi connectivity index (χ1) is 16.0. The van der Waals surface area contributed by atoms with E-state index in [2.05, 4.69) is 44.6 Å². The molecule has 2 aromatic heterocycles. The monoisotopic (exact) mass is 440 g/mol. The number of para-hydroxylation sites is 2. The molecule has 0 atom stereocenters. The molecule has 0 saturated heterocycles. The number of nitriles is 1. The Morgan fingerprint density at radius 3 is 2.67 bits per heavy atom. The van der Waals surface area contributed by atoms with Gasteiger partial charge in [-0.15, -0.1) is 0 Å². The maximum atomic E-state index is 10.1. The van der Waals surface area contributed by atoms with E-state index in [4.69, 9.17) is 4.98 Å². The summed E-state index contributed by atoms with van der Waals surface area (Å²) < 4.78 is 0. The number of rotatable bonds is 7. The van der Waals surface area contributed by atoms with Crippen molar-refractivity contribution in [1.82, 2.24) is 15.0 Å². The molecule has 4 rings (SSSR count). The molecule has 2 N–H and O–H groups in total. The summed E-state index contributed by atoms with van der Waals surface area (Å²) in [5.41, 5.74) is 5.15. The molecule has 1 aromatic carbocycles. The number of nitrogens with zero attached hydrogens (tertiary/aromatic N) is 6. The summed E-state index contributed by atoms with van der Waals surface area (Å²) in [6, 6.07) is 14.5. The zero-order valence-electron chi connectivity index (χ0n) is 19.4. The van der Waals surface area contributed by atoms with Gasteiger partial charge in [0.2, 0.25) is 5.95 Å². The highest BCUT2D eigenvalue weighted by Gasteiger charge is 2.27. The number of pyridine rings is 1. The highest BCUT2D eigenvalue weighted by atomic mass is 15.3. The number of anilines is 4. The molecule has 0 aliphatic carbocycles. The molecule has 8 nitrogen and oxygen atoms in total. The predicted octanol–water partition coefficient (Wildman–Crippen LogP) is 4.04. The number of allylic oxidation sites excluding steroid dienone is 1. The van der Waals surface area contributed by atoms with Crippen molar-refractivity contribution in [2.75, 3.05) is 47.6 Å². The lowest BCUT2D eigenvalue weighted by molar-refractivity contribution is 0.959. The Labute approximate surface area is 194 Å². The second-order valence-electron chi connectivity index (χ2n) is 8.04. The van der Waals surface area contributed by atoms with Gasteiger partial charge in [-0.1, -0.05) is 18.2 Å². The van der Waals surface area contributed by atoms with Crippen molar-refractivity contribution in [3.63, 3.8) is 0 Å². The fourth-order valence-corrected chi connectivity index (χ4v) is 3.80. The zero-order chi connectivity index (χ0) is 23.4. The minimum absolute atomic E-state index is 0.500. The van der Waals surface area contributed by atoms with Gasteiger partial charge >= 0.3 is 0 Å². The minimum Gasteiger partial charge on any atom is -0.363 e. The van der Waals surface area contributed by atoms with E-state index >= 15 is 0 Å². The maximum Gasteiger partial charge on any atom is 0.223 e. The molecule has 1 aliphatic heterocycles. The highest BCUT2D eigenvalue weighted by Crippen LogP contribution is 2.38. The Bertz CT molecular complexity index is 1210. The van der Waals surface area contributed by atoms with Crippen molar-refractivity contribution < 1.29 is 0 Å². The number of benzene rings is 1. The second-order valence-corrected chi connectivity index (χ2v) is 8.04. The van der Waals surface area contributed by atoms with E-state index in [0.29, 0.717) is 23.8 Å². The van der Waals surface area contributed by atoms with Crippen LogP contribution in [0.4, 0.5) is 23.1 Å². The first-order valence-electron chi connectivity index (χ1n) is 11.0. The van der Waals surface area contributed by atoms with Crippen LogP contribution in [0.15, 0.2) is 54.6 Å². The lowest BCUT2D eigenvalue weighted by Gasteiger charge is -2.19. The van der Waals surface area contributed by atoms with Gasteiger partial charge in [0.1, 0.15) is 23.3 Å². The van der Waals surface area contributed by atoms with Gasteiger partial charge in [-0.2, -0.15) is 5.26 Å². The van der Waals surface area contributed by atoms with Gasteiger partial charge in [-0.05, 0) is 49.6 Å². The number of aryl methyl sites for hydroxylation is 1. The fourth-order valence-electron chi connectivity index (χ4n) is 3.80. The lowest BCUT2D eigenvalue weighted by atomic mass is 10.1. The summed E-state index contributed by atoms with van der Waals surface area (Å²) in [6.07, 6.45) is 4.44. The van der Waals surface area contributed by atoms with Gasteiger partial charge < -0.3 is 20.4 Å². The Hall–Kier alpha value is -4.12. The Kier molecular flexibility index (Phi) is 6.41. The van der Waals surface area contributed by atoms with E-state index in [-0.39, 0.29) is 0 Å². The van der Waals surface area contributed by atoms with Gasteiger partial charge in [0, 0.05) is 39.6 Å². The number of hydrogen-bond acceptors (Lipinski definition) is 8. The summed E-state index contributed by atoms with van der Waals surface area (Å²) in [6.45, 7) is 5.39. The van der Waals surface area contributed by atoms with E-state index in [1.54, 1.807) is 6.20 Å². The van der Waals surface area contributed by atoms with Crippen LogP contribution in [-0.2, 0) is 6.42 Å². The van der Waals surface area contributed by atoms with Crippen molar-refractivity contribution in [3.05, 3.63) is 71.4 Å². The van der Waals surface area contributed by atoms with Crippen LogP contribution in [0.2, 0.25) is 0 Å². The third-order valence-electron chi connectivity index (χ3n) is 5.56. The molecule has 0 unspecified atom stereocenters. The van der Waals surface area contributed by atoms with E-state index in [1.807, 2.05) is 62.4 Å². The number of fused-ring (bicyclic) bond motifs is 1. The normalized spacial score (nSPS) is 13.7. The molecule has 0 saturated carbocycles. The molecular formula is C25H28N8. The first-order valence-corrected chi connectivity index (χ1v) is 11.0. The molecule has 1 aliphatic rings. The van der Waals surface area contributed by atoms with Crippen molar-refractivity contribution in [3.8, 4) is 6.07 Å². The Morgan fingerprint density at radius 1 is 1.15 bits per heavy atom. The molecule has 3 aromatic rings. The Balaban J connectivity index is 1.54. The molecule has 168 valence electrons. The van der Waals surface area contributed by atoms with Gasteiger partial charge in [0.05, 0.1) is 17.1 Å². The largest absolute Gasteiger partial charge is 0.363 e. The average molecular weight is 441 g/mol. The van der Waals surface area contributed by atoms with Gasteiger partial charge in [0.15, 0.2) is 0 Å². The van der Waals surface area contributed by atoms with Crippen LogP contribution in [0.1, 0.15) is 23.7 Å². The lowest BCUT2D eigenvalue weighted by Crippen LogP contribution is -2.22. The van der Waals surface area contributed by atoms with Crippen LogP contribution in [-0.4, -0.2) is 42.1 Å². The van der Waals surface area contributed by atoms with E-state index in [0.717, 1.165) is 47.1 Å². The standard InChI is InChI=1S/C25H28N8/c1-5-33-21-9-7-6-8-20(21)30-24(33)19(14-26)23-17(2)15-29-25(31-23)27-13-12-18-10-11-22(28-16-18)32(3)4/h6-11,15-16,30H,5,12-13H2,1-4H3,(H,27,29,31)/b24-19+. The van der Waals surface area contributed by atoms with E-state index in [9.17, 15) is 5.26 Å². The number of hydrogen-bond donors (Lipinski definition) is 2. The molecule has 0 amide bonds. The quantitative estimate of drug-likeness (QED) is 0.532. The molecule has 0 spiro atoms. The molecule has 0 fully saturated rings. The van der Waals surface area contributed by atoms with Crippen molar-refractivity contribution in [1.29, 1.82) is 5.26 Å². The average Bonchev–Trinajstić information content (AvgIpc) is 3.20. The summed E-state index contributed by atoms with van der Waals surface area (Å²) in [5, 5.41) is 16.8. The number of aromatic nitrogens is 3. The van der Waals surface area contributed by atoms with Gasteiger partial charge in [-0.3, -0.25) is 0 Å². The van der Waals surface area contributed by atoms with Crippen LogP contribution in [0.5, 0.6) is 0 Å². The van der Waals surface area contributed by atoms with Gasteiger partial charge in [-0.25, -0.2) is 15.0 Å². The second kappa shape index (κ2) is 9.57. The maximum absolute atomic E-state index is 10.1. The predicted molar refractivity (Wildman–Crippen MR) is 133 cm³/mol. The van der Waals surface area contributed by atoms with E-state index in [1.165, 1.54) is 0 Å². The molecule has 8 heteroatoms. The number of nitrogens with one attached hydrogen (secondary N) is 2. The molecule has 0 radical (unpaired) electrons. The third-order valence-corrected chi connectivity index (χ3v) is 5.56.